The van der Waals surface area contributed by atoms with Crippen molar-refractivity contribution >= 4 is 28.4 Å². The van der Waals surface area contributed by atoms with Crippen LogP contribution in [0.1, 0.15) is 29.3 Å². The molecule has 0 aliphatic carbocycles. The molecule has 76 valence electrons. The van der Waals surface area contributed by atoms with Gasteiger partial charge >= 0.3 is 0 Å². The van der Waals surface area contributed by atoms with Gasteiger partial charge in [0.05, 0.1) is 5.56 Å². The van der Waals surface area contributed by atoms with E-state index in [1.165, 1.54) is 13.0 Å². The smallest absolute Gasteiger partial charge is 0.265 e. The summed E-state index contributed by atoms with van der Waals surface area (Å²) in [4.78, 5) is 10.9. The maximum atomic E-state index is 12.3. The molecule has 0 amide bonds. The molecule has 1 aromatic rings. The number of hydrogen-bond donors (Lipinski definition) is 1. The van der Waals surface area contributed by atoms with Crippen molar-refractivity contribution in [1.82, 2.24) is 0 Å². The summed E-state index contributed by atoms with van der Waals surface area (Å²) in [6.45, 7) is 1.27. The predicted molar refractivity (Wildman–Crippen MR) is 55.8 cm³/mol. The first-order valence-corrected chi connectivity index (χ1v) is 4.83. The molecular weight excluding hydrogens is 305 g/mol. The molecule has 1 rings (SSSR count). The second kappa shape index (κ2) is 4.20. The summed E-state index contributed by atoms with van der Waals surface area (Å²) < 4.78 is 25.0. The third kappa shape index (κ3) is 2.20. The molecule has 0 saturated heterocycles. The Morgan fingerprint density at radius 1 is 1.50 bits per heavy atom. The van der Waals surface area contributed by atoms with Gasteiger partial charge in [-0.1, -0.05) is 0 Å². The van der Waals surface area contributed by atoms with E-state index in [1.54, 1.807) is 22.6 Å². The molecule has 0 unspecified atom stereocenters. The number of alkyl halides is 2. The van der Waals surface area contributed by atoms with Crippen LogP contribution in [0.4, 0.5) is 8.78 Å². The van der Waals surface area contributed by atoms with Gasteiger partial charge in [-0.25, -0.2) is 8.78 Å². The third-order valence-corrected chi connectivity index (χ3v) is 2.66. The molecule has 0 aliphatic heterocycles. The molecule has 0 bridgehead atoms. The van der Waals surface area contributed by atoms with E-state index >= 15 is 0 Å². The van der Waals surface area contributed by atoms with E-state index in [0.717, 1.165) is 6.07 Å². The first-order valence-electron chi connectivity index (χ1n) is 3.75. The lowest BCUT2D eigenvalue weighted by molar-refractivity contribution is 0.101. The van der Waals surface area contributed by atoms with E-state index in [0.29, 0.717) is 0 Å². The van der Waals surface area contributed by atoms with Crippen molar-refractivity contribution in [2.75, 3.05) is 0 Å². The summed E-state index contributed by atoms with van der Waals surface area (Å²) in [5.41, 5.74) is -0.188. The standard InChI is InChI=1S/C9H7F2IO2/c1-4(13)5-2-7(12)6(9(10)11)3-8(5)14/h2-3,9,14H,1H3. The number of benzene rings is 1. The summed E-state index contributed by atoms with van der Waals surface area (Å²) in [7, 11) is 0. The minimum Gasteiger partial charge on any atom is -0.507 e. The van der Waals surface area contributed by atoms with Gasteiger partial charge in [-0.15, -0.1) is 0 Å². The lowest BCUT2D eigenvalue weighted by Crippen LogP contribution is -1.97. The summed E-state index contributed by atoms with van der Waals surface area (Å²) in [6, 6.07) is 2.20. The molecule has 5 heteroatoms. The van der Waals surface area contributed by atoms with Gasteiger partial charge in [0.15, 0.2) is 5.78 Å². The molecule has 0 saturated carbocycles. The highest BCUT2D eigenvalue weighted by Gasteiger charge is 2.16. The van der Waals surface area contributed by atoms with Crippen molar-refractivity contribution < 1.29 is 18.7 Å². The molecule has 14 heavy (non-hydrogen) atoms. The van der Waals surface area contributed by atoms with Crippen LogP contribution in [0, 0.1) is 3.57 Å². The Hall–Kier alpha value is -0.720. The number of hydrogen-bond acceptors (Lipinski definition) is 2. The number of ketones is 1. The minimum atomic E-state index is -2.64. The van der Waals surface area contributed by atoms with Crippen LogP contribution in [-0.2, 0) is 0 Å². The highest BCUT2D eigenvalue weighted by atomic mass is 127. The number of phenols is 1. The highest BCUT2D eigenvalue weighted by Crippen LogP contribution is 2.30. The Balaban J connectivity index is 3.31. The number of carbonyl (C=O) groups is 1. The van der Waals surface area contributed by atoms with Gasteiger partial charge in [0.1, 0.15) is 5.75 Å². The molecule has 0 atom stereocenters. The van der Waals surface area contributed by atoms with Gasteiger partial charge < -0.3 is 5.11 Å². The molecule has 0 fully saturated rings. The van der Waals surface area contributed by atoms with Crippen molar-refractivity contribution in [3.8, 4) is 5.75 Å². The van der Waals surface area contributed by atoms with Gasteiger partial charge in [0, 0.05) is 9.13 Å². The molecule has 0 aliphatic rings. The average molecular weight is 312 g/mol. The zero-order valence-corrected chi connectivity index (χ0v) is 9.38. The second-order valence-electron chi connectivity index (χ2n) is 2.75. The fraction of sp³-hybridized carbons (Fsp3) is 0.222. The Kier molecular flexibility index (Phi) is 3.41. The summed E-state index contributed by atoms with van der Waals surface area (Å²) >= 11 is 1.71. The van der Waals surface area contributed by atoms with Crippen LogP contribution in [-0.4, -0.2) is 10.9 Å². The Morgan fingerprint density at radius 2 is 2.07 bits per heavy atom. The average Bonchev–Trinajstić information content (AvgIpc) is 2.07. The zero-order valence-electron chi connectivity index (χ0n) is 7.22. The van der Waals surface area contributed by atoms with Crippen LogP contribution in [0.2, 0.25) is 0 Å². The SMILES string of the molecule is CC(=O)c1cc(I)c(C(F)F)cc1O. The van der Waals surface area contributed by atoms with E-state index in [4.69, 9.17) is 0 Å². The third-order valence-electron chi connectivity index (χ3n) is 1.73. The zero-order chi connectivity index (χ0) is 10.9. The van der Waals surface area contributed by atoms with E-state index < -0.39 is 12.2 Å². The Bertz CT molecular complexity index is 377. The molecule has 0 spiro atoms. The molecule has 0 aromatic heterocycles. The van der Waals surface area contributed by atoms with Crippen LogP contribution in [0.3, 0.4) is 0 Å². The lowest BCUT2D eigenvalue weighted by Gasteiger charge is -2.07. The number of phenolic OH excluding ortho intramolecular Hbond substituents is 1. The van der Waals surface area contributed by atoms with E-state index in [-0.39, 0.29) is 20.5 Å². The summed E-state index contributed by atoms with van der Waals surface area (Å²) in [6.07, 6.45) is -2.64. The van der Waals surface area contributed by atoms with Crippen LogP contribution in [0.25, 0.3) is 0 Å². The van der Waals surface area contributed by atoms with Gasteiger partial charge in [-0.05, 0) is 41.6 Å². The van der Waals surface area contributed by atoms with Gasteiger partial charge in [-0.2, -0.15) is 0 Å². The van der Waals surface area contributed by atoms with Crippen molar-refractivity contribution in [3.05, 3.63) is 26.8 Å². The summed E-state index contributed by atoms with van der Waals surface area (Å²) in [5, 5.41) is 9.28. The number of Topliss-reactive ketones (excluding diaryl/α,β-unsaturated/α-hetero) is 1. The van der Waals surface area contributed by atoms with E-state index in [2.05, 4.69) is 0 Å². The van der Waals surface area contributed by atoms with Crippen molar-refractivity contribution in [2.45, 2.75) is 13.3 Å². The number of rotatable bonds is 2. The van der Waals surface area contributed by atoms with Crippen LogP contribution in [0.15, 0.2) is 12.1 Å². The fourth-order valence-corrected chi connectivity index (χ4v) is 1.73. The minimum absolute atomic E-state index is 0.0683. The Labute approximate surface area is 93.1 Å². The van der Waals surface area contributed by atoms with Crippen molar-refractivity contribution in [3.63, 3.8) is 0 Å². The largest absolute Gasteiger partial charge is 0.507 e. The number of carbonyl (C=O) groups excluding carboxylic acids is 1. The normalized spacial score (nSPS) is 10.6. The monoisotopic (exact) mass is 312 g/mol. The predicted octanol–water partition coefficient (Wildman–Crippen LogP) is 3.14. The van der Waals surface area contributed by atoms with Gasteiger partial charge in [0.2, 0.25) is 0 Å². The van der Waals surface area contributed by atoms with Gasteiger partial charge in [-0.3, -0.25) is 4.79 Å². The molecule has 2 nitrogen and oxygen atoms in total. The lowest BCUT2D eigenvalue weighted by atomic mass is 10.1. The summed E-state index contributed by atoms with van der Waals surface area (Å²) in [5.74, 6) is -0.741. The van der Waals surface area contributed by atoms with E-state index in [1.807, 2.05) is 0 Å². The number of aromatic hydroxyl groups is 1. The molecule has 1 N–H and O–H groups in total. The Morgan fingerprint density at radius 3 is 2.50 bits per heavy atom. The second-order valence-corrected chi connectivity index (χ2v) is 3.91. The maximum absolute atomic E-state index is 12.3. The van der Waals surface area contributed by atoms with E-state index in [9.17, 15) is 18.7 Å². The van der Waals surface area contributed by atoms with Crippen molar-refractivity contribution in [2.24, 2.45) is 0 Å². The van der Waals surface area contributed by atoms with Crippen molar-refractivity contribution in [1.29, 1.82) is 0 Å². The number of halogens is 3. The molecular formula is C9H7F2IO2. The quantitative estimate of drug-likeness (QED) is 0.673. The maximum Gasteiger partial charge on any atom is 0.265 e. The van der Waals surface area contributed by atoms with Gasteiger partial charge in [0.25, 0.3) is 6.43 Å². The molecule has 1 aromatic carbocycles. The molecule has 0 radical (unpaired) electrons. The first-order chi connectivity index (χ1) is 6.43. The highest BCUT2D eigenvalue weighted by molar-refractivity contribution is 14.1. The van der Waals surface area contributed by atoms with Crippen LogP contribution < -0.4 is 0 Å². The van der Waals surface area contributed by atoms with Crippen LogP contribution in [0.5, 0.6) is 5.75 Å². The van der Waals surface area contributed by atoms with Crippen LogP contribution >= 0.6 is 22.6 Å². The molecule has 0 heterocycles. The first kappa shape index (κ1) is 11.4. The fourth-order valence-electron chi connectivity index (χ4n) is 1.03. The topological polar surface area (TPSA) is 37.3 Å².